The van der Waals surface area contributed by atoms with Crippen LogP contribution in [0.5, 0.6) is 0 Å². The van der Waals surface area contributed by atoms with Gasteiger partial charge in [0.2, 0.25) is 5.91 Å². The number of carbonyl (C=O) groups excluding carboxylic acids is 1. The smallest absolute Gasteiger partial charge is 0.227 e. The number of imidazole rings is 1. The van der Waals surface area contributed by atoms with Gasteiger partial charge in [-0.1, -0.05) is 6.07 Å². The SMILES string of the molecule is Cc1cnc(C2COCCN2C(=O)Cc2cccnc2)[nH]1. The van der Waals surface area contributed by atoms with Crippen LogP contribution in [0.15, 0.2) is 30.7 Å². The van der Waals surface area contributed by atoms with E-state index in [9.17, 15) is 4.79 Å². The molecule has 2 aromatic rings. The van der Waals surface area contributed by atoms with Crippen LogP contribution in [0.2, 0.25) is 0 Å². The summed E-state index contributed by atoms with van der Waals surface area (Å²) in [6, 6.07) is 3.61. The standard InChI is InChI=1S/C15H18N4O2/c1-11-8-17-15(18-11)13-10-21-6-5-19(13)14(20)7-12-3-2-4-16-9-12/h2-4,8-9,13H,5-7,10H2,1H3,(H,17,18). The van der Waals surface area contributed by atoms with Crippen molar-refractivity contribution in [3.63, 3.8) is 0 Å². The van der Waals surface area contributed by atoms with Gasteiger partial charge in [-0.2, -0.15) is 0 Å². The molecule has 6 heteroatoms. The highest BCUT2D eigenvalue weighted by molar-refractivity contribution is 5.79. The molecule has 6 nitrogen and oxygen atoms in total. The lowest BCUT2D eigenvalue weighted by molar-refractivity contribution is -0.139. The third-order valence-electron chi connectivity index (χ3n) is 3.57. The molecule has 1 aliphatic heterocycles. The predicted octanol–water partition coefficient (Wildman–Crippen LogP) is 1.26. The minimum Gasteiger partial charge on any atom is -0.377 e. The summed E-state index contributed by atoms with van der Waals surface area (Å²) < 4.78 is 5.51. The molecule has 1 fully saturated rings. The van der Waals surface area contributed by atoms with Crippen LogP contribution in [0.3, 0.4) is 0 Å². The molecule has 1 N–H and O–H groups in total. The number of carbonyl (C=O) groups is 1. The predicted molar refractivity (Wildman–Crippen MR) is 76.5 cm³/mol. The molecule has 110 valence electrons. The Morgan fingerprint density at radius 1 is 1.52 bits per heavy atom. The number of hydrogen-bond donors (Lipinski definition) is 1. The van der Waals surface area contributed by atoms with E-state index < -0.39 is 0 Å². The van der Waals surface area contributed by atoms with Crippen molar-refractivity contribution in [1.82, 2.24) is 19.9 Å². The zero-order chi connectivity index (χ0) is 14.7. The number of ether oxygens (including phenoxy) is 1. The topological polar surface area (TPSA) is 71.1 Å². The largest absolute Gasteiger partial charge is 0.377 e. The fraction of sp³-hybridized carbons (Fsp3) is 0.400. The summed E-state index contributed by atoms with van der Waals surface area (Å²) >= 11 is 0. The van der Waals surface area contributed by atoms with Crippen molar-refractivity contribution < 1.29 is 9.53 Å². The molecule has 0 aliphatic carbocycles. The van der Waals surface area contributed by atoms with E-state index in [1.165, 1.54) is 0 Å². The van der Waals surface area contributed by atoms with Gasteiger partial charge in [-0.15, -0.1) is 0 Å². The molecule has 0 saturated carbocycles. The zero-order valence-corrected chi connectivity index (χ0v) is 12.0. The zero-order valence-electron chi connectivity index (χ0n) is 12.0. The van der Waals surface area contributed by atoms with E-state index in [4.69, 9.17) is 4.74 Å². The lowest BCUT2D eigenvalue weighted by Gasteiger charge is -2.34. The van der Waals surface area contributed by atoms with Crippen molar-refractivity contribution in [2.24, 2.45) is 0 Å². The summed E-state index contributed by atoms with van der Waals surface area (Å²) in [5, 5.41) is 0. The first-order valence-corrected chi connectivity index (χ1v) is 7.01. The quantitative estimate of drug-likeness (QED) is 0.922. The van der Waals surface area contributed by atoms with Gasteiger partial charge in [-0.05, 0) is 18.6 Å². The van der Waals surface area contributed by atoms with Crippen LogP contribution in [-0.4, -0.2) is 45.5 Å². The summed E-state index contributed by atoms with van der Waals surface area (Å²) in [6.07, 6.45) is 5.55. The van der Waals surface area contributed by atoms with Gasteiger partial charge in [0.15, 0.2) is 0 Å². The number of aryl methyl sites for hydroxylation is 1. The van der Waals surface area contributed by atoms with Gasteiger partial charge < -0.3 is 14.6 Å². The molecule has 21 heavy (non-hydrogen) atoms. The van der Waals surface area contributed by atoms with Crippen LogP contribution in [0.25, 0.3) is 0 Å². The Hall–Kier alpha value is -2.21. The fourth-order valence-corrected chi connectivity index (χ4v) is 2.51. The molecule has 1 aliphatic rings. The summed E-state index contributed by atoms with van der Waals surface area (Å²) in [5.74, 6) is 0.858. The van der Waals surface area contributed by atoms with E-state index >= 15 is 0 Å². The average molecular weight is 286 g/mol. The molecule has 0 radical (unpaired) electrons. The van der Waals surface area contributed by atoms with Crippen LogP contribution in [-0.2, 0) is 16.0 Å². The van der Waals surface area contributed by atoms with Gasteiger partial charge in [0.1, 0.15) is 11.9 Å². The highest BCUT2D eigenvalue weighted by Gasteiger charge is 2.30. The van der Waals surface area contributed by atoms with Gasteiger partial charge in [-0.3, -0.25) is 9.78 Å². The highest BCUT2D eigenvalue weighted by Crippen LogP contribution is 2.22. The monoisotopic (exact) mass is 286 g/mol. The normalized spacial score (nSPS) is 18.7. The number of rotatable bonds is 3. The Morgan fingerprint density at radius 3 is 3.14 bits per heavy atom. The van der Waals surface area contributed by atoms with Crippen LogP contribution in [0.1, 0.15) is 23.1 Å². The molecular formula is C15H18N4O2. The average Bonchev–Trinajstić information content (AvgIpc) is 2.95. The highest BCUT2D eigenvalue weighted by atomic mass is 16.5. The van der Waals surface area contributed by atoms with Crippen LogP contribution >= 0.6 is 0 Å². The number of amides is 1. The lowest BCUT2D eigenvalue weighted by Crippen LogP contribution is -2.44. The first kappa shape index (κ1) is 13.8. The molecule has 2 aromatic heterocycles. The first-order chi connectivity index (χ1) is 10.2. The molecule has 0 bridgehead atoms. The third kappa shape index (κ3) is 3.11. The fourth-order valence-electron chi connectivity index (χ4n) is 2.51. The van der Waals surface area contributed by atoms with Crippen LogP contribution < -0.4 is 0 Å². The van der Waals surface area contributed by atoms with Crippen molar-refractivity contribution in [1.29, 1.82) is 0 Å². The number of morpholine rings is 1. The molecule has 3 rings (SSSR count). The number of hydrogen-bond acceptors (Lipinski definition) is 4. The second kappa shape index (κ2) is 6.05. The number of nitrogens with zero attached hydrogens (tertiary/aromatic N) is 3. The summed E-state index contributed by atoms with van der Waals surface area (Å²) in [5.41, 5.74) is 1.90. The number of aromatic nitrogens is 3. The van der Waals surface area contributed by atoms with Crippen molar-refractivity contribution in [3.05, 3.63) is 47.8 Å². The van der Waals surface area contributed by atoms with E-state index in [0.717, 1.165) is 17.1 Å². The number of aromatic amines is 1. The van der Waals surface area contributed by atoms with Gasteiger partial charge in [-0.25, -0.2) is 4.98 Å². The second-order valence-corrected chi connectivity index (χ2v) is 5.17. The molecular weight excluding hydrogens is 268 g/mol. The van der Waals surface area contributed by atoms with E-state index in [-0.39, 0.29) is 11.9 Å². The van der Waals surface area contributed by atoms with Crippen LogP contribution in [0, 0.1) is 6.92 Å². The Balaban J connectivity index is 1.76. The molecule has 0 aromatic carbocycles. The van der Waals surface area contributed by atoms with E-state index in [0.29, 0.717) is 26.2 Å². The Kier molecular flexibility index (Phi) is 3.96. The van der Waals surface area contributed by atoms with Crippen molar-refractivity contribution >= 4 is 5.91 Å². The van der Waals surface area contributed by atoms with Crippen LogP contribution in [0.4, 0.5) is 0 Å². The Bertz CT molecular complexity index is 611. The van der Waals surface area contributed by atoms with Crippen molar-refractivity contribution in [2.75, 3.05) is 19.8 Å². The molecule has 1 saturated heterocycles. The van der Waals surface area contributed by atoms with Gasteiger partial charge in [0.05, 0.1) is 19.6 Å². The minimum absolute atomic E-state index is 0.0744. The maximum Gasteiger partial charge on any atom is 0.227 e. The molecule has 1 atom stereocenters. The number of pyridine rings is 1. The Labute approximate surface area is 123 Å². The number of H-pyrrole nitrogens is 1. The number of nitrogens with one attached hydrogen (secondary N) is 1. The van der Waals surface area contributed by atoms with Gasteiger partial charge in [0, 0.05) is 30.8 Å². The van der Waals surface area contributed by atoms with E-state index in [1.54, 1.807) is 18.6 Å². The maximum absolute atomic E-state index is 12.6. The maximum atomic E-state index is 12.6. The summed E-state index contributed by atoms with van der Waals surface area (Å²) in [6.45, 7) is 3.58. The molecule has 3 heterocycles. The molecule has 0 spiro atoms. The van der Waals surface area contributed by atoms with E-state index in [2.05, 4.69) is 15.0 Å². The molecule has 1 unspecified atom stereocenters. The van der Waals surface area contributed by atoms with Crippen molar-refractivity contribution in [2.45, 2.75) is 19.4 Å². The minimum atomic E-state index is -0.142. The second-order valence-electron chi connectivity index (χ2n) is 5.17. The lowest BCUT2D eigenvalue weighted by atomic mass is 10.1. The summed E-state index contributed by atoms with van der Waals surface area (Å²) in [7, 11) is 0. The molecule has 1 amide bonds. The summed E-state index contributed by atoms with van der Waals surface area (Å²) in [4.78, 5) is 26.0. The third-order valence-corrected chi connectivity index (χ3v) is 3.57. The van der Waals surface area contributed by atoms with Crippen molar-refractivity contribution in [3.8, 4) is 0 Å². The van der Waals surface area contributed by atoms with Gasteiger partial charge >= 0.3 is 0 Å². The van der Waals surface area contributed by atoms with Gasteiger partial charge in [0.25, 0.3) is 0 Å². The first-order valence-electron chi connectivity index (χ1n) is 7.01. The Morgan fingerprint density at radius 2 is 2.43 bits per heavy atom. The van der Waals surface area contributed by atoms with E-state index in [1.807, 2.05) is 24.0 Å².